The molecule has 0 aliphatic carbocycles. The van der Waals surface area contributed by atoms with E-state index in [1.807, 2.05) is 0 Å². The van der Waals surface area contributed by atoms with Gasteiger partial charge < -0.3 is 15.2 Å². The predicted octanol–water partition coefficient (Wildman–Crippen LogP) is 0.120. The Hall–Kier alpha value is -2.30. The molecule has 0 aliphatic heterocycles. The molecule has 2 rings (SSSR count). The summed E-state index contributed by atoms with van der Waals surface area (Å²) in [5, 5.41) is 22.6. The highest BCUT2D eigenvalue weighted by atomic mass is 16.5. The fourth-order valence-electron chi connectivity index (χ4n) is 1.45. The van der Waals surface area contributed by atoms with E-state index in [0.29, 0.717) is 16.6 Å². The largest absolute Gasteiger partial charge is 0.530 e. The Bertz CT molecular complexity index is 525. The number of rotatable bonds is 1. The highest BCUT2D eigenvalue weighted by Crippen LogP contribution is 2.19. The van der Waals surface area contributed by atoms with Crippen molar-refractivity contribution in [3.05, 3.63) is 36.5 Å². The highest BCUT2D eigenvalue weighted by molar-refractivity contribution is 5.96. The minimum absolute atomic E-state index is 0.385. The van der Waals surface area contributed by atoms with Crippen molar-refractivity contribution < 1.29 is 19.8 Å². The summed E-state index contributed by atoms with van der Waals surface area (Å²) >= 11 is 0. The first-order valence-electron chi connectivity index (χ1n) is 4.29. The maximum Gasteiger partial charge on any atom is 0.266 e. The van der Waals surface area contributed by atoms with Gasteiger partial charge in [0.1, 0.15) is 6.09 Å². The number of amides is 1. The number of fused-ring (bicyclic) bond motifs is 1. The number of hydrogen-bond acceptors (Lipinski definition) is 3. The zero-order chi connectivity index (χ0) is 10.8. The molecule has 2 N–H and O–H groups in total. The maximum atomic E-state index is 10.4. The summed E-state index contributed by atoms with van der Waals surface area (Å²) in [6.07, 6.45) is 0.0846. The van der Waals surface area contributed by atoms with Gasteiger partial charge in [0.15, 0.2) is 0 Å². The van der Waals surface area contributed by atoms with Gasteiger partial charge in [-0.05, 0) is 12.1 Å². The Morgan fingerprint density at radius 3 is 2.87 bits per heavy atom. The number of carboxylic acid groups (broad SMARTS) is 1. The van der Waals surface area contributed by atoms with E-state index in [4.69, 9.17) is 0 Å². The summed E-state index contributed by atoms with van der Waals surface area (Å²) in [7, 11) is 0. The lowest BCUT2D eigenvalue weighted by atomic mass is 10.2. The monoisotopic (exact) mass is 204 g/mol. The number of carbonyl (C=O) groups is 1. The molecule has 5 heteroatoms. The van der Waals surface area contributed by atoms with Crippen LogP contribution in [0.25, 0.3) is 10.9 Å². The maximum absolute atomic E-state index is 10.4. The van der Waals surface area contributed by atoms with Gasteiger partial charge >= 0.3 is 0 Å². The molecule has 0 bridgehead atoms. The van der Waals surface area contributed by atoms with E-state index in [0.717, 1.165) is 4.73 Å². The van der Waals surface area contributed by atoms with Gasteiger partial charge in [-0.25, -0.2) is 0 Å². The highest BCUT2D eigenvalue weighted by Gasteiger charge is 2.09. The van der Waals surface area contributed by atoms with E-state index in [1.165, 1.54) is 6.20 Å². The number of pyridine rings is 1. The van der Waals surface area contributed by atoms with Gasteiger partial charge in [-0.3, -0.25) is 5.21 Å². The Balaban J connectivity index is 2.65. The number of benzene rings is 1. The number of carbonyl (C=O) groups excluding carboxylic acids is 1. The minimum Gasteiger partial charge on any atom is -0.530 e. The third-order valence-corrected chi connectivity index (χ3v) is 2.06. The molecule has 0 radical (unpaired) electrons. The summed E-state index contributed by atoms with van der Waals surface area (Å²) in [5.41, 5.74) is 0.902. The van der Waals surface area contributed by atoms with Crippen LogP contribution in [0, 0.1) is 0 Å². The lowest BCUT2D eigenvalue weighted by molar-refractivity contribution is -0.884. The molecule has 0 fully saturated rings. The van der Waals surface area contributed by atoms with Crippen molar-refractivity contribution in [3.63, 3.8) is 0 Å². The molecule has 15 heavy (non-hydrogen) atoms. The van der Waals surface area contributed by atoms with Crippen LogP contribution in [0.1, 0.15) is 0 Å². The van der Waals surface area contributed by atoms with Crippen LogP contribution in [0.2, 0.25) is 0 Å². The van der Waals surface area contributed by atoms with Crippen LogP contribution < -0.4 is 15.2 Å². The second-order valence-corrected chi connectivity index (χ2v) is 3.00. The van der Waals surface area contributed by atoms with E-state index in [1.54, 1.807) is 30.3 Å². The molecule has 76 valence electrons. The topological polar surface area (TPSA) is 76.3 Å². The fraction of sp³-hybridized carbons (Fsp3) is 0. The molecule has 1 aromatic heterocycles. The van der Waals surface area contributed by atoms with Gasteiger partial charge in [0, 0.05) is 16.9 Å². The summed E-state index contributed by atoms with van der Waals surface area (Å²) in [6, 6.07) is 8.23. The first-order chi connectivity index (χ1) is 7.18. The number of nitrogens with one attached hydrogen (secondary N) is 1. The Kier molecular flexibility index (Phi) is 2.13. The zero-order valence-corrected chi connectivity index (χ0v) is 7.68. The van der Waals surface area contributed by atoms with Crippen molar-refractivity contribution in [1.82, 2.24) is 0 Å². The normalized spacial score (nSPS) is 10.1. The first kappa shape index (κ1) is 9.26. The lowest BCUT2D eigenvalue weighted by Gasteiger charge is -2.07. The molecular formula is C10H8N2O3. The molecule has 1 amide bonds. The van der Waals surface area contributed by atoms with E-state index in [-0.39, 0.29) is 0 Å². The van der Waals surface area contributed by atoms with Crippen molar-refractivity contribution in [2.24, 2.45) is 0 Å². The molecule has 0 spiro atoms. The van der Waals surface area contributed by atoms with Crippen LogP contribution in [0.15, 0.2) is 36.5 Å². The summed E-state index contributed by atoms with van der Waals surface area (Å²) in [6.45, 7) is 0. The van der Waals surface area contributed by atoms with Crippen molar-refractivity contribution >= 4 is 22.7 Å². The standard InChI is InChI=1S/C10H8N2O3/c13-10(14)11-8-4-1-5-9-7(8)3-2-6-12(9)15/h1-6,15H,(H,13,14). The van der Waals surface area contributed by atoms with Gasteiger partial charge in [-0.15, -0.1) is 0 Å². The summed E-state index contributed by atoms with van der Waals surface area (Å²) in [4.78, 5) is 10.4. The second-order valence-electron chi connectivity index (χ2n) is 3.00. The Morgan fingerprint density at radius 1 is 1.33 bits per heavy atom. The molecule has 0 atom stereocenters. The van der Waals surface area contributed by atoms with Crippen molar-refractivity contribution in [2.45, 2.75) is 0 Å². The zero-order valence-electron chi connectivity index (χ0n) is 7.68. The van der Waals surface area contributed by atoms with Gasteiger partial charge in [-0.2, -0.15) is 0 Å². The number of hydrogen-bond donors (Lipinski definition) is 2. The molecule has 0 saturated heterocycles. The van der Waals surface area contributed by atoms with Gasteiger partial charge in [-0.1, -0.05) is 6.07 Å². The third kappa shape index (κ3) is 1.67. The Morgan fingerprint density at radius 2 is 2.13 bits per heavy atom. The average molecular weight is 204 g/mol. The SMILES string of the molecule is O=C([O-])Nc1cccc2c1ccc[n+]2O. The molecule has 5 nitrogen and oxygen atoms in total. The van der Waals surface area contributed by atoms with Crippen molar-refractivity contribution in [2.75, 3.05) is 5.32 Å². The predicted molar refractivity (Wildman–Crippen MR) is 50.3 cm³/mol. The Labute approximate surface area is 85.2 Å². The van der Waals surface area contributed by atoms with Crippen LogP contribution in [-0.4, -0.2) is 11.3 Å². The smallest absolute Gasteiger partial charge is 0.266 e. The molecule has 0 saturated carbocycles. The van der Waals surface area contributed by atoms with Crippen LogP contribution in [-0.2, 0) is 0 Å². The summed E-state index contributed by atoms with van der Waals surface area (Å²) < 4.78 is 0.926. The minimum atomic E-state index is -1.38. The number of nitrogens with zero attached hydrogens (tertiary/aromatic N) is 1. The van der Waals surface area contributed by atoms with Crippen molar-refractivity contribution in [3.8, 4) is 0 Å². The molecular weight excluding hydrogens is 196 g/mol. The third-order valence-electron chi connectivity index (χ3n) is 2.06. The fourth-order valence-corrected chi connectivity index (χ4v) is 1.45. The van der Waals surface area contributed by atoms with E-state index < -0.39 is 6.09 Å². The molecule has 1 aromatic carbocycles. The van der Waals surface area contributed by atoms with E-state index in [9.17, 15) is 15.1 Å². The summed E-state index contributed by atoms with van der Waals surface area (Å²) in [5.74, 6) is 0. The van der Waals surface area contributed by atoms with E-state index >= 15 is 0 Å². The number of anilines is 1. The van der Waals surface area contributed by atoms with Crippen LogP contribution >= 0.6 is 0 Å². The van der Waals surface area contributed by atoms with Crippen LogP contribution in [0.4, 0.5) is 10.5 Å². The average Bonchev–Trinajstić information content (AvgIpc) is 2.19. The molecule has 0 unspecified atom stereocenters. The van der Waals surface area contributed by atoms with Crippen LogP contribution in [0.3, 0.4) is 0 Å². The molecule has 2 aromatic rings. The van der Waals surface area contributed by atoms with Crippen LogP contribution in [0.5, 0.6) is 0 Å². The first-order valence-corrected chi connectivity index (χ1v) is 4.29. The number of aromatic nitrogens is 1. The second kappa shape index (κ2) is 3.45. The molecule has 1 heterocycles. The van der Waals surface area contributed by atoms with E-state index in [2.05, 4.69) is 5.32 Å². The molecule has 0 aliphatic rings. The van der Waals surface area contributed by atoms with Crippen molar-refractivity contribution in [1.29, 1.82) is 0 Å². The van der Waals surface area contributed by atoms with Gasteiger partial charge in [0.05, 0.1) is 11.1 Å². The quantitative estimate of drug-likeness (QED) is 0.511. The van der Waals surface area contributed by atoms with Gasteiger partial charge in [0.2, 0.25) is 6.20 Å². The van der Waals surface area contributed by atoms with Gasteiger partial charge in [0.25, 0.3) is 5.52 Å². The lowest BCUT2D eigenvalue weighted by Crippen LogP contribution is -2.31.